The number of alkyl halides is 36. The second-order valence-electron chi connectivity index (χ2n) is 11.8. The summed E-state index contributed by atoms with van der Waals surface area (Å²) in [5.74, 6) is -134. The number of rotatable bonds is 0. The fraction of sp³-hybridized carbons (Fsp3) is 1.00. The second-order valence-corrected chi connectivity index (χ2v) is 11.8. The molecule has 332 valence electrons. The predicted octanol–water partition coefficient (Wildman–Crippen LogP) is 11.0. The maximum absolute atomic E-state index is 14.2. The first-order valence-electron chi connectivity index (χ1n) is 12.3. The Hall–Kier alpha value is -2.52. The molecule has 4 fully saturated rings. The zero-order valence-electron chi connectivity index (χ0n) is 23.6. The summed E-state index contributed by atoms with van der Waals surface area (Å²) in [7, 11) is 0. The summed E-state index contributed by atoms with van der Waals surface area (Å²) in [6, 6.07) is 0. The Balaban J connectivity index is 0.000000300. The number of hydrogen-bond acceptors (Lipinski definition) is 0. The molecule has 0 amide bonds. The van der Waals surface area contributed by atoms with E-state index < -0.39 is 117 Å². The number of hydrogen-bond donors (Lipinski definition) is 0. The van der Waals surface area contributed by atoms with Gasteiger partial charge in [0.2, 0.25) is 0 Å². The van der Waals surface area contributed by atoms with Crippen LogP contribution in [0.25, 0.3) is 0 Å². The van der Waals surface area contributed by atoms with Crippen LogP contribution in [-0.4, -0.2) is 117 Å². The lowest BCUT2D eigenvalue weighted by atomic mass is 9.54. The SMILES string of the molecule is FC1(F)C(F)(F)C(F)(F)C2(F)C(F)(F)C(F)(F)C(F)(F)C(F)(F)C2(F)C1(F)F.FC1(F)C(F)(F)C(F)(F)C2(F)C(F)(F)C(F)(F)C(F)(F)C(F)(F)C2(F)C1(F)F. The molecule has 0 atom stereocenters. The van der Waals surface area contributed by atoms with Gasteiger partial charge in [0.15, 0.2) is 0 Å². The largest absolute Gasteiger partial charge is 0.382 e. The average molecular weight is 924 g/mol. The molecule has 0 N–H and O–H groups in total. The van der Waals surface area contributed by atoms with Gasteiger partial charge in [0, 0.05) is 0 Å². The Labute approximate surface area is 277 Å². The molecular formula is C20F36. The minimum absolute atomic E-state index is 8.23. The molecule has 0 aromatic heterocycles. The molecule has 56 heavy (non-hydrogen) atoms. The summed E-state index contributed by atoms with van der Waals surface area (Å²) >= 11 is 0. The monoisotopic (exact) mass is 924 g/mol. The van der Waals surface area contributed by atoms with E-state index in [2.05, 4.69) is 0 Å². The summed E-state index contributed by atoms with van der Waals surface area (Å²) in [6.07, 6.45) is 0. The molecular weight excluding hydrogens is 924 g/mol. The molecule has 0 bridgehead atoms. The lowest BCUT2D eigenvalue weighted by molar-refractivity contribution is -0.560. The molecule has 4 rings (SSSR count). The van der Waals surface area contributed by atoms with Crippen molar-refractivity contribution in [3.63, 3.8) is 0 Å². The maximum Gasteiger partial charge on any atom is 0.382 e. The zero-order valence-corrected chi connectivity index (χ0v) is 23.6. The summed E-state index contributed by atoms with van der Waals surface area (Å²) < 4.78 is 481. The van der Waals surface area contributed by atoms with Crippen LogP contribution in [0.5, 0.6) is 0 Å². The molecule has 4 aliphatic rings. The van der Waals surface area contributed by atoms with Gasteiger partial charge in [-0.1, -0.05) is 0 Å². The summed E-state index contributed by atoms with van der Waals surface area (Å²) in [5.41, 5.74) is -34.6. The highest BCUT2D eigenvalue weighted by molar-refractivity contribution is 5.44. The highest BCUT2D eigenvalue weighted by Gasteiger charge is 3.17. The van der Waals surface area contributed by atoms with E-state index in [4.69, 9.17) is 0 Å². The van der Waals surface area contributed by atoms with Gasteiger partial charge in [-0.25, -0.2) is 17.6 Å². The van der Waals surface area contributed by atoms with E-state index in [1.54, 1.807) is 0 Å². The molecule has 0 saturated heterocycles. The third kappa shape index (κ3) is 3.43. The van der Waals surface area contributed by atoms with Crippen LogP contribution < -0.4 is 0 Å². The van der Waals surface area contributed by atoms with Crippen molar-refractivity contribution in [3.05, 3.63) is 0 Å². The van der Waals surface area contributed by atoms with Crippen molar-refractivity contribution in [3.8, 4) is 0 Å². The molecule has 0 aliphatic heterocycles. The van der Waals surface area contributed by atoms with Gasteiger partial charge in [0.25, 0.3) is 22.7 Å². The van der Waals surface area contributed by atoms with E-state index in [0.717, 1.165) is 0 Å². The van der Waals surface area contributed by atoms with Gasteiger partial charge in [-0.2, -0.15) is 140 Å². The second kappa shape index (κ2) is 10.1. The minimum atomic E-state index is -8.64. The van der Waals surface area contributed by atoms with E-state index in [1.807, 2.05) is 0 Å². The molecule has 4 aliphatic carbocycles. The van der Waals surface area contributed by atoms with Crippen LogP contribution in [0.4, 0.5) is 158 Å². The van der Waals surface area contributed by atoms with Crippen LogP contribution in [0.2, 0.25) is 0 Å². The summed E-state index contributed by atoms with van der Waals surface area (Å²) in [5, 5.41) is 0. The van der Waals surface area contributed by atoms with Crippen molar-refractivity contribution < 1.29 is 158 Å². The number of fused-ring (bicyclic) bond motifs is 2. The van der Waals surface area contributed by atoms with E-state index in [-0.39, 0.29) is 0 Å². The highest BCUT2D eigenvalue weighted by atomic mass is 19.4. The normalized spacial score (nSPS) is 43.1. The minimum Gasteiger partial charge on any atom is -0.226 e. The molecule has 0 radical (unpaired) electrons. The van der Waals surface area contributed by atoms with Gasteiger partial charge in [0.1, 0.15) is 0 Å². The molecule has 0 unspecified atom stereocenters. The summed E-state index contributed by atoms with van der Waals surface area (Å²) in [6.45, 7) is 0. The van der Waals surface area contributed by atoms with Crippen molar-refractivity contribution >= 4 is 0 Å². The molecule has 0 nitrogen and oxygen atoms in total. The third-order valence-electron chi connectivity index (χ3n) is 9.14. The Kier molecular flexibility index (Phi) is 8.61. The van der Waals surface area contributed by atoms with E-state index in [1.165, 1.54) is 0 Å². The van der Waals surface area contributed by atoms with Crippen LogP contribution in [0.15, 0.2) is 0 Å². The molecule has 36 heteroatoms. The molecule has 0 heterocycles. The van der Waals surface area contributed by atoms with Crippen molar-refractivity contribution in [1.29, 1.82) is 0 Å². The lowest BCUT2D eigenvalue weighted by Gasteiger charge is -2.63. The van der Waals surface area contributed by atoms with Crippen molar-refractivity contribution in [2.24, 2.45) is 0 Å². The Morgan fingerprint density at radius 2 is 0.143 bits per heavy atom. The van der Waals surface area contributed by atoms with Crippen molar-refractivity contribution in [2.75, 3.05) is 0 Å². The highest BCUT2D eigenvalue weighted by Crippen LogP contribution is 2.83. The average Bonchev–Trinajstić information content (AvgIpc) is 2.99. The van der Waals surface area contributed by atoms with Crippen LogP contribution in [0.3, 0.4) is 0 Å². The quantitative estimate of drug-likeness (QED) is 0.212. The molecule has 4 saturated carbocycles. The Morgan fingerprint density at radius 3 is 0.196 bits per heavy atom. The zero-order chi connectivity index (χ0) is 46.0. The fourth-order valence-electron chi connectivity index (χ4n) is 5.83. The van der Waals surface area contributed by atoms with Crippen molar-refractivity contribution in [2.45, 2.75) is 117 Å². The smallest absolute Gasteiger partial charge is 0.226 e. The maximum atomic E-state index is 14.2. The molecule has 0 aromatic rings. The van der Waals surface area contributed by atoms with Crippen LogP contribution >= 0.6 is 0 Å². The number of halogens is 36. The summed E-state index contributed by atoms with van der Waals surface area (Å²) in [4.78, 5) is 0. The Bertz CT molecular complexity index is 1290. The molecule has 0 aromatic carbocycles. The third-order valence-corrected chi connectivity index (χ3v) is 9.14. The van der Waals surface area contributed by atoms with Crippen LogP contribution in [0, 0.1) is 0 Å². The van der Waals surface area contributed by atoms with Gasteiger partial charge in [-0.15, -0.1) is 0 Å². The van der Waals surface area contributed by atoms with Gasteiger partial charge in [-0.3, -0.25) is 0 Å². The fourth-order valence-corrected chi connectivity index (χ4v) is 5.83. The van der Waals surface area contributed by atoms with Crippen LogP contribution in [0.1, 0.15) is 0 Å². The topological polar surface area (TPSA) is 0 Å². The first-order valence-corrected chi connectivity index (χ1v) is 12.3. The standard InChI is InChI=1S/2C10F18/c2*11-1-2(12,5(17,18)9(25,26)7(21,22)3(1,13)14)6(19,20)10(27,28)8(23,24)4(1,15)16. The van der Waals surface area contributed by atoms with E-state index >= 15 is 0 Å². The van der Waals surface area contributed by atoms with Crippen molar-refractivity contribution in [1.82, 2.24) is 0 Å². The van der Waals surface area contributed by atoms with E-state index in [9.17, 15) is 158 Å². The Morgan fingerprint density at radius 1 is 0.0893 bits per heavy atom. The molecule has 0 spiro atoms. The lowest BCUT2D eigenvalue weighted by Crippen LogP contribution is -2.98. The van der Waals surface area contributed by atoms with Gasteiger partial charge >= 0.3 is 94.8 Å². The first kappa shape index (κ1) is 47.9. The van der Waals surface area contributed by atoms with Gasteiger partial charge < -0.3 is 0 Å². The predicted molar refractivity (Wildman–Crippen MR) is 94.5 cm³/mol. The van der Waals surface area contributed by atoms with Gasteiger partial charge in [-0.05, 0) is 0 Å². The van der Waals surface area contributed by atoms with Crippen LogP contribution in [-0.2, 0) is 0 Å². The van der Waals surface area contributed by atoms with Gasteiger partial charge in [0.05, 0.1) is 0 Å². The first-order chi connectivity index (χ1) is 23.5. The van der Waals surface area contributed by atoms with E-state index in [0.29, 0.717) is 0 Å².